The van der Waals surface area contributed by atoms with Crippen LogP contribution in [0.25, 0.3) is 0 Å². The molecule has 0 aliphatic carbocycles. The summed E-state index contributed by atoms with van der Waals surface area (Å²) >= 11 is 5.67. The van der Waals surface area contributed by atoms with Gasteiger partial charge in [-0.05, 0) is 0 Å². The molecule has 0 aromatic carbocycles. The van der Waals surface area contributed by atoms with Gasteiger partial charge in [-0.15, -0.1) is 0 Å². The average Bonchev–Trinajstić information content (AvgIpc) is 2.16. The van der Waals surface area contributed by atoms with Crippen LogP contribution in [0.15, 0.2) is 6.20 Å². The van der Waals surface area contributed by atoms with Crippen molar-refractivity contribution >= 4 is 11.6 Å². The standard InChI is InChI=1S/C8H9ClF2N2O/c1-14-6-4(2-12)7(9)13-3-5(6)8(10)11/h3,8H,2,12H2,1H3. The predicted octanol–water partition coefficient (Wildman–Crippen LogP) is 2.14. The zero-order valence-electron chi connectivity index (χ0n) is 7.43. The molecular formula is C8H9ClF2N2O. The van der Waals surface area contributed by atoms with Gasteiger partial charge in [0.2, 0.25) is 0 Å². The summed E-state index contributed by atoms with van der Waals surface area (Å²) in [7, 11) is 1.29. The summed E-state index contributed by atoms with van der Waals surface area (Å²) in [5.74, 6) is 0.0162. The van der Waals surface area contributed by atoms with Gasteiger partial charge in [0.05, 0.1) is 12.7 Å². The third-order valence-corrected chi connectivity index (χ3v) is 2.07. The molecule has 78 valence electrons. The van der Waals surface area contributed by atoms with E-state index in [9.17, 15) is 8.78 Å². The van der Waals surface area contributed by atoms with Gasteiger partial charge in [0.15, 0.2) is 0 Å². The minimum Gasteiger partial charge on any atom is -0.496 e. The first kappa shape index (κ1) is 11.1. The fourth-order valence-electron chi connectivity index (χ4n) is 1.10. The molecule has 0 fully saturated rings. The lowest BCUT2D eigenvalue weighted by atomic mass is 10.2. The molecule has 1 aromatic heterocycles. The van der Waals surface area contributed by atoms with Gasteiger partial charge in [0.1, 0.15) is 10.9 Å². The molecule has 1 aromatic rings. The SMILES string of the molecule is COc1c(C(F)F)cnc(Cl)c1CN. The normalized spacial score (nSPS) is 10.7. The second kappa shape index (κ2) is 4.52. The van der Waals surface area contributed by atoms with Crippen LogP contribution in [0, 0.1) is 0 Å². The molecule has 6 heteroatoms. The third-order valence-electron chi connectivity index (χ3n) is 1.75. The summed E-state index contributed by atoms with van der Waals surface area (Å²) in [5, 5.41) is 0.0914. The van der Waals surface area contributed by atoms with Crippen molar-refractivity contribution in [3.05, 3.63) is 22.5 Å². The molecule has 1 rings (SSSR count). The first-order valence-corrected chi connectivity index (χ1v) is 4.19. The molecule has 1 heterocycles. The van der Waals surface area contributed by atoms with Crippen LogP contribution in [0.1, 0.15) is 17.6 Å². The molecule has 0 unspecified atom stereocenters. The number of ether oxygens (including phenoxy) is 1. The highest BCUT2D eigenvalue weighted by Gasteiger charge is 2.19. The Balaban J connectivity index is 3.33. The number of halogens is 3. The average molecular weight is 223 g/mol. The van der Waals surface area contributed by atoms with E-state index in [0.29, 0.717) is 5.56 Å². The fraction of sp³-hybridized carbons (Fsp3) is 0.375. The first-order chi connectivity index (χ1) is 6.61. The molecule has 14 heavy (non-hydrogen) atoms. The summed E-state index contributed by atoms with van der Waals surface area (Å²) in [6.07, 6.45) is -1.66. The Hall–Kier alpha value is -0.940. The van der Waals surface area contributed by atoms with E-state index in [1.165, 1.54) is 7.11 Å². The Morgan fingerprint density at radius 1 is 1.64 bits per heavy atom. The Morgan fingerprint density at radius 3 is 2.71 bits per heavy atom. The van der Waals surface area contributed by atoms with Crippen LogP contribution in [0.5, 0.6) is 5.75 Å². The maximum Gasteiger partial charge on any atom is 0.268 e. The molecule has 0 saturated heterocycles. The number of aromatic nitrogens is 1. The zero-order valence-corrected chi connectivity index (χ0v) is 8.18. The highest BCUT2D eigenvalue weighted by Crippen LogP contribution is 2.34. The van der Waals surface area contributed by atoms with E-state index in [-0.39, 0.29) is 23.0 Å². The van der Waals surface area contributed by atoms with Gasteiger partial charge in [-0.1, -0.05) is 11.6 Å². The van der Waals surface area contributed by atoms with Crippen LogP contribution in [-0.2, 0) is 6.54 Å². The molecule has 3 nitrogen and oxygen atoms in total. The fourth-order valence-corrected chi connectivity index (χ4v) is 1.32. The lowest BCUT2D eigenvalue weighted by molar-refractivity contribution is 0.146. The van der Waals surface area contributed by atoms with E-state index < -0.39 is 6.43 Å². The van der Waals surface area contributed by atoms with Gasteiger partial charge in [0, 0.05) is 18.3 Å². The number of hydrogen-bond acceptors (Lipinski definition) is 3. The highest BCUT2D eigenvalue weighted by atomic mass is 35.5. The molecule has 0 amide bonds. The van der Waals surface area contributed by atoms with Gasteiger partial charge in [-0.2, -0.15) is 0 Å². The Kier molecular flexibility index (Phi) is 3.60. The highest BCUT2D eigenvalue weighted by molar-refractivity contribution is 6.30. The van der Waals surface area contributed by atoms with Crippen LogP contribution >= 0.6 is 11.6 Å². The second-order valence-corrected chi connectivity index (χ2v) is 2.88. The molecule has 0 bridgehead atoms. The van der Waals surface area contributed by atoms with Crippen molar-refractivity contribution in [3.63, 3.8) is 0 Å². The van der Waals surface area contributed by atoms with E-state index in [1.807, 2.05) is 0 Å². The Bertz CT molecular complexity index is 333. The summed E-state index contributed by atoms with van der Waals surface area (Å²) in [4.78, 5) is 3.61. The van der Waals surface area contributed by atoms with Crippen molar-refractivity contribution < 1.29 is 13.5 Å². The van der Waals surface area contributed by atoms with Gasteiger partial charge in [-0.25, -0.2) is 13.8 Å². The maximum absolute atomic E-state index is 12.5. The Labute approximate surface area is 84.8 Å². The van der Waals surface area contributed by atoms with E-state index in [4.69, 9.17) is 22.1 Å². The lowest BCUT2D eigenvalue weighted by Crippen LogP contribution is -2.05. The molecule has 0 saturated carbocycles. The van der Waals surface area contributed by atoms with Crippen LogP contribution in [-0.4, -0.2) is 12.1 Å². The molecule has 0 atom stereocenters. The van der Waals surface area contributed by atoms with Crippen molar-refractivity contribution in [1.29, 1.82) is 0 Å². The van der Waals surface area contributed by atoms with Gasteiger partial charge < -0.3 is 10.5 Å². The van der Waals surface area contributed by atoms with Crippen molar-refractivity contribution in [1.82, 2.24) is 4.98 Å². The third kappa shape index (κ3) is 1.93. The quantitative estimate of drug-likeness (QED) is 0.798. The summed E-state index contributed by atoms with van der Waals surface area (Å²) in [6, 6.07) is 0. The molecule has 0 aliphatic heterocycles. The number of methoxy groups -OCH3 is 1. The van der Waals surface area contributed by atoms with Gasteiger partial charge >= 0.3 is 0 Å². The molecule has 0 spiro atoms. The minimum atomic E-state index is -2.65. The van der Waals surface area contributed by atoms with E-state index in [0.717, 1.165) is 6.20 Å². The monoisotopic (exact) mass is 222 g/mol. The number of hydrogen-bond donors (Lipinski definition) is 1. The van der Waals surface area contributed by atoms with E-state index in [1.54, 1.807) is 0 Å². The molecule has 2 N–H and O–H groups in total. The summed E-state index contributed by atoms with van der Waals surface area (Å²) < 4.78 is 29.7. The van der Waals surface area contributed by atoms with Gasteiger partial charge in [0.25, 0.3) is 6.43 Å². The van der Waals surface area contributed by atoms with Crippen LogP contribution < -0.4 is 10.5 Å². The van der Waals surface area contributed by atoms with Crippen molar-refractivity contribution in [2.45, 2.75) is 13.0 Å². The van der Waals surface area contributed by atoms with Crippen molar-refractivity contribution in [2.24, 2.45) is 5.73 Å². The first-order valence-electron chi connectivity index (χ1n) is 3.81. The van der Waals surface area contributed by atoms with E-state index in [2.05, 4.69) is 4.98 Å². The summed E-state index contributed by atoms with van der Waals surface area (Å²) in [5.41, 5.74) is 5.35. The summed E-state index contributed by atoms with van der Waals surface area (Å²) in [6.45, 7) is 0.00949. The zero-order chi connectivity index (χ0) is 10.7. The molecular weight excluding hydrogens is 214 g/mol. The number of nitrogens with two attached hydrogens (primary N) is 1. The van der Waals surface area contributed by atoms with Crippen LogP contribution in [0.2, 0.25) is 5.15 Å². The van der Waals surface area contributed by atoms with Crippen LogP contribution in [0.3, 0.4) is 0 Å². The molecule has 0 radical (unpaired) electrons. The van der Waals surface area contributed by atoms with Crippen molar-refractivity contribution in [2.75, 3.05) is 7.11 Å². The number of pyridine rings is 1. The van der Waals surface area contributed by atoms with Gasteiger partial charge in [-0.3, -0.25) is 0 Å². The van der Waals surface area contributed by atoms with E-state index >= 15 is 0 Å². The van der Waals surface area contributed by atoms with Crippen molar-refractivity contribution in [3.8, 4) is 5.75 Å². The number of nitrogens with zero attached hydrogens (tertiary/aromatic N) is 1. The largest absolute Gasteiger partial charge is 0.496 e. The molecule has 0 aliphatic rings. The van der Waals surface area contributed by atoms with Crippen LogP contribution in [0.4, 0.5) is 8.78 Å². The predicted molar refractivity (Wildman–Crippen MR) is 48.6 cm³/mol. The maximum atomic E-state index is 12.5. The number of rotatable bonds is 3. The Morgan fingerprint density at radius 2 is 2.29 bits per heavy atom. The second-order valence-electron chi connectivity index (χ2n) is 2.52. The topological polar surface area (TPSA) is 48.1 Å². The minimum absolute atomic E-state index is 0.00949. The smallest absolute Gasteiger partial charge is 0.268 e. The lowest BCUT2D eigenvalue weighted by Gasteiger charge is -2.12. The number of alkyl halides is 2.